The molecular formula is C12H13BrN4O2. The number of nitrogens with two attached hydrogens (primary N) is 1. The Balaban J connectivity index is 2.30. The molecule has 0 atom stereocenters. The maximum atomic E-state index is 5.60. The standard InChI is InChI=1S/C12H13BrN4O2/c1-18-9-4-7(13)3-8(5-9)15-10-6-11(19-2)17-12(14)16-10/h3-6H,1-2H3,(H3,14,15,16,17). The third-order valence-corrected chi connectivity index (χ3v) is 2.77. The highest BCUT2D eigenvalue weighted by Crippen LogP contribution is 2.27. The molecule has 1 aromatic carbocycles. The lowest BCUT2D eigenvalue weighted by atomic mass is 10.3. The van der Waals surface area contributed by atoms with Crippen LogP contribution >= 0.6 is 15.9 Å². The average Bonchev–Trinajstić information content (AvgIpc) is 2.37. The highest BCUT2D eigenvalue weighted by atomic mass is 79.9. The van der Waals surface area contributed by atoms with Crippen LogP contribution in [0.2, 0.25) is 0 Å². The summed E-state index contributed by atoms with van der Waals surface area (Å²) in [6.45, 7) is 0. The van der Waals surface area contributed by atoms with Crippen LogP contribution in [0, 0.1) is 0 Å². The van der Waals surface area contributed by atoms with Crippen molar-refractivity contribution in [2.75, 3.05) is 25.3 Å². The zero-order valence-corrected chi connectivity index (χ0v) is 12.1. The van der Waals surface area contributed by atoms with E-state index in [4.69, 9.17) is 15.2 Å². The maximum absolute atomic E-state index is 5.60. The Morgan fingerprint density at radius 3 is 2.58 bits per heavy atom. The quantitative estimate of drug-likeness (QED) is 0.899. The predicted molar refractivity (Wildman–Crippen MR) is 77.0 cm³/mol. The molecule has 0 aliphatic heterocycles. The lowest BCUT2D eigenvalue weighted by Gasteiger charge is -2.09. The molecule has 7 heteroatoms. The second kappa shape index (κ2) is 5.75. The molecule has 0 amide bonds. The number of nitrogens with one attached hydrogen (secondary N) is 1. The van der Waals surface area contributed by atoms with Gasteiger partial charge in [-0.05, 0) is 12.1 Å². The number of rotatable bonds is 4. The van der Waals surface area contributed by atoms with Crippen molar-refractivity contribution in [3.05, 3.63) is 28.7 Å². The van der Waals surface area contributed by atoms with Crippen LogP contribution in [0.4, 0.5) is 17.5 Å². The summed E-state index contributed by atoms with van der Waals surface area (Å²) in [5, 5.41) is 3.11. The number of halogens is 1. The number of benzene rings is 1. The molecule has 0 saturated heterocycles. The predicted octanol–water partition coefficient (Wildman–Crippen LogP) is 2.58. The smallest absolute Gasteiger partial charge is 0.225 e. The summed E-state index contributed by atoms with van der Waals surface area (Å²) >= 11 is 3.41. The van der Waals surface area contributed by atoms with Crippen molar-refractivity contribution in [1.82, 2.24) is 9.97 Å². The Kier molecular flexibility index (Phi) is 4.06. The molecule has 0 unspecified atom stereocenters. The number of methoxy groups -OCH3 is 2. The van der Waals surface area contributed by atoms with Crippen LogP contribution in [0.1, 0.15) is 0 Å². The van der Waals surface area contributed by atoms with E-state index in [-0.39, 0.29) is 5.95 Å². The van der Waals surface area contributed by atoms with Crippen molar-refractivity contribution < 1.29 is 9.47 Å². The second-order valence-corrected chi connectivity index (χ2v) is 4.57. The zero-order chi connectivity index (χ0) is 13.8. The van der Waals surface area contributed by atoms with Crippen LogP contribution in [0.5, 0.6) is 11.6 Å². The van der Waals surface area contributed by atoms with Gasteiger partial charge in [0.15, 0.2) is 0 Å². The first-order chi connectivity index (χ1) is 9.10. The first kappa shape index (κ1) is 13.4. The lowest BCUT2D eigenvalue weighted by Crippen LogP contribution is -2.02. The molecule has 6 nitrogen and oxygen atoms in total. The van der Waals surface area contributed by atoms with Crippen LogP contribution in [-0.2, 0) is 0 Å². The molecule has 0 aliphatic rings. The van der Waals surface area contributed by atoms with Crippen LogP contribution in [0.25, 0.3) is 0 Å². The fourth-order valence-corrected chi connectivity index (χ4v) is 1.98. The molecular weight excluding hydrogens is 312 g/mol. The van der Waals surface area contributed by atoms with E-state index >= 15 is 0 Å². The summed E-state index contributed by atoms with van der Waals surface area (Å²) in [4.78, 5) is 8.00. The van der Waals surface area contributed by atoms with E-state index in [2.05, 4.69) is 31.2 Å². The van der Waals surface area contributed by atoms with E-state index in [1.807, 2.05) is 18.2 Å². The highest BCUT2D eigenvalue weighted by molar-refractivity contribution is 9.10. The molecule has 2 rings (SSSR count). The van der Waals surface area contributed by atoms with Gasteiger partial charge in [0.1, 0.15) is 11.6 Å². The normalized spacial score (nSPS) is 10.1. The first-order valence-electron chi connectivity index (χ1n) is 5.41. The topological polar surface area (TPSA) is 82.3 Å². The maximum Gasteiger partial charge on any atom is 0.225 e. The second-order valence-electron chi connectivity index (χ2n) is 3.66. The molecule has 0 spiro atoms. The number of ether oxygens (including phenoxy) is 2. The molecule has 1 heterocycles. The van der Waals surface area contributed by atoms with Gasteiger partial charge in [-0.3, -0.25) is 0 Å². The number of anilines is 3. The summed E-state index contributed by atoms with van der Waals surface area (Å²) in [7, 11) is 3.13. The Hall–Kier alpha value is -2.02. The van der Waals surface area contributed by atoms with Crippen molar-refractivity contribution in [2.45, 2.75) is 0 Å². The summed E-state index contributed by atoms with van der Waals surface area (Å²) in [6, 6.07) is 7.26. The average molecular weight is 325 g/mol. The first-order valence-corrected chi connectivity index (χ1v) is 6.20. The van der Waals surface area contributed by atoms with Gasteiger partial charge < -0.3 is 20.5 Å². The zero-order valence-electron chi connectivity index (χ0n) is 10.5. The minimum atomic E-state index is 0.142. The molecule has 0 bridgehead atoms. The van der Waals surface area contributed by atoms with Gasteiger partial charge in [0.2, 0.25) is 11.8 Å². The number of nitrogens with zero attached hydrogens (tertiary/aromatic N) is 2. The van der Waals surface area contributed by atoms with E-state index in [1.165, 1.54) is 7.11 Å². The summed E-state index contributed by atoms with van der Waals surface area (Å²) in [6.07, 6.45) is 0. The minimum Gasteiger partial charge on any atom is -0.497 e. The van der Waals surface area contributed by atoms with Gasteiger partial charge in [-0.15, -0.1) is 0 Å². The van der Waals surface area contributed by atoms with Crippen LogP contribution in [0.15, 0.2) is 28.7 Å². The van der Waals surface area contributed by atoms with Crippen LogP contribution < -0.4 is 20.5 Å². The molecule has 0 saturated carbocycles. The van der Waals surface area contributed by atoms with Crippen molar-refractivity contribution >= 4 is 33.4 Å². The van der Waals surface area contributed by atoms with Crippen LogP contribution in [0.3, 0.4) is 0 Å². The molecule has 3 N–H and O–H groups in total. The molecule has 19 heavy (non-hydrogen) atoms. The van der Waals surface area contributed by atoms with Crippen LogP contribution in [-0.4, -0.2) is 24.2 Å². The number of aromatic nitrogens is 2. The van der Waals surface area contributed by atoms with E-state index in [1.54, 1.807) is 13.2 Å². The molecule has 0 fully saturated rings. The van der Waals surface area contributed by atoms with Crippen molar-refractivity contribution in [1.29, 1.82) is 0 Å². The monoisotopic (exact) mass is 324 g/mol. The summed E-state index contributed by atoms with van der Waals surface area (Å²) < 4.78 is 11.1. The Morgan fingerprint density at radius 2 is 1.89 bits per heavy atom. The molecule has 2 aromatic rings. The van der Waals surface area contributed by atoms with Gasteiger partial charge in [-0.1, -0.05) is 15.9 Å². The van der Waals surface area contributed by atoms with E-state index in [0.29, 0.717) is 11.7 Å². The van der Waals surface area contributed by atoms with Gasteiger partial charge >= 0.3 is 0 Å². The molecule has 0 aliphatic carbocycles. The summed E-state index contributed by atoms with van der Waals surface area (Å²) in [5.41, 5.74) is 6.41. The minimum absolute atomic E-state index is 0.142. The van der Waals surface area contributed by atoms with Gasteiger partial charge in [0.25, 0.3) is 0 Å². The SMILES string of the molecule is COc1cc(Br)cc(Nc2cc(OC)nc(N)n2)c1. The van der Waals surface area contributed by atoms with Gasteiger partial charge in [0, 0.05) is 22.3 Å². The van der Waals surface area contributed by atoms with E-state index in [0.717, 1.165) is 15.9 Å². The largest absolute Gasteiger partial charge is 0.497 e. The van der Waals surface area contributed by atoms with Gasteiger partial charge in [-0.25, -0.2) is 0 Å². The highest BCUT2D eigenvalue weighted by Gasteiger charge is 2.05. The van der Waals surface area contributed by atoms with E-state index in [9.17, 15) is 0 Å². The van der Waals surface area contributed by atoms with E-state index < -0.39 is 0 Å². The number of hydrogen-bond acceptors (Lipinski definition) is 6. The molecule has 1 aromatic heterocycles. The third kappa shape index (κ3) is 3.47. The molecule has 100 valence electrons. The number of nitrogen functional groups attached to an aromatic ring is 1. The fraction of sp³-hybridized carbons (Fsp3) is 0.167. The lowest BCUT2D eigenvalue weighted by molar-refractivity contribution is 0.398. The van der Waals surface area contributed by atoms with Crippen molar-refractivity contribution in [3.63, 3.8) is 0 Å². The molecule has 0 radical (unpaired) electrons. The Bertz CT molecular complexity index is 540. The summed E-state index contributed by atoms with van der Waals surface area (Å²) in [5.74, 6) is 1.82. The van der Waals surface area contributed by atoms with Gasteiger partial charge in [0.05, 0.1) is 14.2 Å². The third-order valence-electron chi connectivity index (χ3n) is 2.31. The Labute approximate surface area is 119 Å². The van der Waals surface area contributed by atoms with Crippen molar-refractivity contribution in [2.24, 2.45) is 0 Å². The number of hydrogen-bond donors (Lipinski definition) is 2. The Morgan fingerprint density at radius 1 is 1.11 bits per heavy atom. The van der Waals surface area contributed by atoms with Gasteiger partial charge in [-0.2, -0.15) is 9.97 Å². The van der Waals surface area contributed by atoms with Crippen molar-refractivity contribution in [3.8, 4) is 11.6 Å². The fourth-order valence-electron chi connectivity index (χ4n) is 1.51.